The number of hydrogen-bond acceptors (Lipinski definition) is 2. The number of halogens is 2. The molecule has 6 heteroatoms. The first-order valence-corrected chi connectivity index (χ1v) is 10.9. The second-order valence-electron chi connectivity index (χ2n) is 8.53. The second-order valence-corrected chi connectivity index (χ2v) is 8.53. The fourth-order valence-electron chi connectivity index (χ4n) is 3.64. The van der Waals surface area contributed by atoms with E-state index in [2.05, 4.69) is 57.3 Å². The summed E-state index contributed by atoms with van der Waals surface area (Å²) < 4.78 is 5.65. The van der Waals surface area contributed by atoms with Gasteiger partial charge in [0.1, 0.15) is 13.1 Å². The van der Waals surface area contributed by atoms with E-state index < -0.39 is 0 Å². The van der Waals surface area contributed by atoms with Gasteiger partial charge < -0.3 is 39.8 Å². The van der Waals surface area contributed by atoms with Crippen LogP contribution in [-0.2, 0) is 9.53 Å². The molecule has 3 N–H and O–H groups in total. The maximum atomic E-state index is 12.8. The number of esters is 1. The summed E-state index contributed by atoms with van der Waals surface area (Å²) in [6.07, 6.45) is 5.09. The second kappa shape index (κ2) is 15.1. The molecule has 1 fully saturated rings. The van der Waals surface area contributed by atoms with Crippen molar-refractivity contribution in [3.8, 4) is 0 Å². The topological polar surface area (TPSA) is 47.3 Å². The van der Waals surface area contributed by atoms with Crippen LogP contribution in [0.15, 0.2) is 24.3 Å². The highest BCUT2D eigenvalue weighted by molar-refractivity contribution is 5.76. The lowest BCUT2D eigenvalue weighted by molar-refractivity contribution is -0.918. The fraction of sp³-hybridized carbons (Fsp3) is 0.696. The van der Waals surface area contributed by atoms with Gasteiger partial charge in [0.2, 0.25) is 6.04 Å². The van der Waals surface area contributed by atoms with Crippen LogP contribution in [0.25, 0.3) is 0 Å². The summed E-state index contributed by atoms with van der Waals surface area (Å²) >= 11 is 0. The number of carbonyl (C=O) groups excluding carboxylic acids is 1. The number of rotatable bonds is 10. The summed E-state index contributed by atoms with van der Waals surface area (Å²) in [6, 6.07) is 8.26. The Morgan fingerprint density at radius 3 is 2.17 bits per heavy atom. The van der Waals surface area contributed by atoms with Gasteiger partial charge in [-0.3, -0.25) is 0 Å². The summed E-state index contributed by atoms with van der Waals surface area (Å²) in [5.74, 6) is 0.818. The SMILES string of the molecule is CCC(C)COC(=O)C([NH2+]CC[NH+]1CCCCC1)c1ccc(C(C)C)cc1.[Cl-].[Cl-]. The molecule has 1 aliphatic heterocycles. The summed E-state index contributed by atoms with van der Waals surface area (Å²) in [4.78, 5) is 14.5. The van der Waals surface area contributed by atoms with Crippen LogP contribution in [0.1, 0.15) is 76.5 Å². The number of quaternary nitrogens is 2. The highest BCUT2D eigenvalue weighted by Gasteiger charge is 2.27. The number of likely N-dealkylation sites (tertiary alicyclic amines) is 1. The molecule has 168 valence electrons. The van der Waals surface area contributed by atoms with Crippen molar-refractivity contribution in [1.82, 2.24) is 0 Å². The number of ether oxygens (including phenoxy) is 1. The van der Waals surface area contributed by atoms with Crippen LogP contribution in [0, 0.1) is 5.92 Å². The lowest BCUT2D eigenvalue weighted by Gasteiger charge is -2.23. The Hall–Kier alpha value is -0.810. The van der Waals surface area contributed by atoms with Gasteiger partial charge in [-0.15, -0.1) is 0 Å². The molecular weight excluding hydrogens is 407 g/mol. The molecule has 0 aliphatic carbocycles. The van der Waals surface area contributed by atoms with E-state index in [1.165, 1.54) is 37.9 Å². The van der Waals surface area contributed by atoms with Gasteiger partial charge in [-0.1, -0.05) is 58.4 Å². The maximum Gasteiger partial charge on any atom is 0.369 e. The minimum atomic E-state index is -0.251. The van der Waals surface area contributed by atoms with Crippen LogP contribution in [-0.4, -0.2) is 38.8 Å². The van der Waals surface area contributed by atoms with Crippen LogP contribution in [0.5, 0.6) is 0 Å². The van der Waals surface area contributed by atoms with Crippen LogP contribution in [0.2, 0.25) is 0 Å². The molecule has 0 aromatic heterocycles. The van der Waals surface area contributed by atoms with E-state index in [1.54, 1.807) is 4.90 Å². The Morgan fingerprint density at radius 2 is 1.62 bits per heavy atom. The zero-order chi connectivity index (χ0) is 19.6. The smallest absolute Gasteiger partial charge is 0.369 e. The summed E-state index contributed by atoms with van der Waals surface area (Å²) in [6.45, 7) is 13.8. The van der Waals surface area contributed by atoms with Gasteiger partial charge in [0.15, 0.2) is 0 Å². The standard InChI is InChI=1S/C23H38N2O2.2ClH/c1-5-19(4)17-27-23(26)22(21-11-9-20(10-12-21)18(2)3)24-13-16-25-14-7-6-8-15-25;;/h9-12,18-19,22,24H,5-8,13-17H2,1-4H3;2*1H. The Bertz CT molecular complexity index is 561. The lowest BCUT2D eigenvalue weighted by atomic mass is 9.99. The quantitative estimate of drug-likeness (QED) is 0.360. The molecule has 1 aliphatic rings. The lowest BCUT2D eigenvalue weighted by Crippen LogP contribution is -3.15. The highest BCUT2D eigenvalue weighted by Crippen LogP contribution is 2.18. The first kappa shape index (κ1) is 28.2. The molecule has 0 spiro atoms. The number of benzene rings is 1. The van der Waals surface area contributed by atoms with Crippen LogP contribution < -0.4 is 35.0 Å². The molecule has 0 saturated carbocycles. The molecule has 1 heterocycles. The number of nitrogens with two attached hydrogens (primary N) is 1. The van der Waals surface area contributed by atoms with Crippen LogP contribution >= 0.6 is 0 Å². The van der Waals surface area contributed by atoms with Crippen LogP contribution in [0.4, 0.5) is 0 Å². The van der Waals surface area contributed by atoms with Gasteiger partial charge in [-0.25, -0.2) is 4.79 Å². The third-order valence-electron chi connectivity index (χ3n) is 5.88. The third kappa shape index (κ3) is 9.69. The van der Waals surface area contributed by atoms with Crippen molar-refractivity contribution < 1.29 is 44.6 Å². The number of hydrogen-bond donors (Lipinski definition) is 2. The van der Waals surface area contributed by atoms with Gasteiger partial charge in [-0.05, 0) is 36.7 Å². The van der Waals surface area contributed by atoms with Crippen molar-refractivity contribution in [3.05, 3.63) is 35.4 Å². The Labute approximate surface area is 190 Å². The molecule has 1 saturated heterocycles. The van der Waals surface area contributed by atoms with Crippen molar-refractivity contribution in [2.75, 3.05) is 32.8 Å². The third-order valence-corrected chi connectivity index (χ3v) is 5.88. The normalized spacial score (nSPS) is 16.4. The van der Waals surface area contributed by atoms with Gasteiger partial charge in [0, 0.05) is 5.56 Å². The number of carbonyl (C=O) groups is 1. The fourth-order valence-corrected chi connectivity index (χ4v) is 3.64. The minimum Gasteiger partial charge on any atom is -1.00 e. The maximum absolute atomic E-state index is 12.8. The van der Waals surface area contributed by atoms with Gasteiger partial charge >= 0.3 is 5.97 Å². The van der Waals surface area contributed by atoms with E-state index >= 15 is 0 Å². The molecule has 2 atom stereocenters. The highest BCUT2D eigenvalue weighted by atomic mass is 35.5. The summed E-state index contributed by atoms with van der Waals surface area (Å²) in [5, 5.41) is 2.19. The molecular formula is C23H40Cl2N2O2. The number of nitrogens with one attached hydrogen (secondary N) is 1. The zero-order valence-electron chi connectivity index (χ0n) is 18.6. The van der Waals surface area contributed by atoms with Crippen molar-refractivity contribution in [3.63, 3.8) is 0 Å². The molecule has 29 heavy (non-hydrogen) atoms. The van der Waals surface area contributed by atoms with Gasteiger partial charge in [0.25, 0.3) is 0 Å². The number of piperidine rings is 1. The predicted octanol–water partition coefficient (Wildman–Crippen LogP) is -3.92. The Balaban J connectivity index is 0.00000392. The molecule has 2 unspecified atom stereocenters. The minimum absolute atomic E-state index is 0. The van der Waals surface area contributed by atoms with E-state index in [1.807, 2.05) is 0 Å². The van der Waals surface area contributed by atoms with Crippen LogP contribution in [0.3, 0.4) is 0 Å². The molecule has 2 rings (SSSR count). The largest absolute Gasteiger partial charge is 1.00 e. The van der Waals surface area contributed by atoms with E-state index in [0.717, 1.165) is 25.1 Å². The molecule has 0 amide bonds. The summed E-state index contributed by atoms with van der Waals surface area (Å²) in [7, 11) is 0. The van der Waals surface area contributed by atoms with Crippen molar-refractivity contribution in [1.29, 1.82) is 0 Å². The van der Waals surface area contributed by atoms with Gasteiger partial charge in [-0.2, -0.15) is 0 Å². The Kier molecular flexibility index (Phi) is 14.6. The monoisotopic (exact) mass is 446 g/mol. The van der Waals surface area contributed by atoms with Crippen molar-refractivity contribution >= 4 is 5.97 Å². The molecule has 0 radical (unpaired) electrons. The van der Waals surface area contributed by atoms with E-state index in [4.69, 9.17) is 4.74 Å². The average Bonchev–Trinajstić information content (AvgIpc) is 2.70. The van der Waals surface area contributed by atoms with Gasteiger partial charge in [0.05, 0.1) is 19.7 Å². The first-order chi connectivity index (χ1) is 13.0. The first-order valence-electron chi connectivity index (χ1n) is 10.9. The van der Waals surface area contributed by atoms with E-state index in [0.29, 0.717) is 18.4 Å². The molecule has 1 aromatic rings. The van der Waals surface area contributed by atoms with E-state index in [9.17, 15) is 4.79 Å². The molecule has 0 bridgehead atoms. The summed E-state index contributed by atoms with van der Waals surface area (Å²) in [5.41, 5.74) is 2.37. The zero-order valence-corrected chi connectivity index (χ0v) is 20.1. The predicted molar refractivity (Wildman–Crippen MR) is 110 cm³/mol. The Morgan fingerprint density at radius 1 is 1.03 bits per heavy atom. The molecule has 4 nitrogen and oxygen atoms in total. The van der Waals surface area contributed by atoms with Crippen molar-refractivity contribution in [2.45, 2.75) is 65.3 Å². The molecule has 1 aromatic carbocycles. The average molecular weight is 447 g/mol. The van der Waals surface area contributed by atoms with E-state index in [-0.39, 0.29) is 36.8 Å². The van der Waals surface area contributed by atoms with Crippen molar-refractivity contribution in [2.24, 2.45) is 5.92 Å².